The molecule has 76 valence electrons. The van der Waals surface area contributed by atoms with Crippen LogP contribution in [0.2, 0.25) is 0 Å². The van der Waals surface area contributed by atoms with Crippen LogP contribution in [0.4, 0.5) is 0 Å². The van der Waals surface area contributed by atoms with Gasteiger partial charge in [0, 0.05) is 13.6 Å². The van der Waals surface area contributed by atoms with E-state index in [0.717, 1.165) is 19.4 Å². The second kappa shape index (κ2) is 4.61. The first-order valence-electron chi connectivity index (χ1n) is 5.17. The fourth-order valence-corrected chi connectivity index (χ4v) is 1.93. The fraction of sp³-hybridized carbons (Fsp3) is 0.900. The van der Waals surface area contributed by atoms with Gasteiger partial charge in [-0.2, -0.15) is 0 Å². The summed E-state index contributed by atoms with van der Waals surface area (Å²) in [5.74, 6) is 0.538. The van der Waals surface area contributed by atoms with E-state index >= 15 is 0 Å². The van der Waals surface area contributed by atoms with Crippen LogP contribution in [0.3, 0.4) is 0 Å². The van der Waals surface area contributed by atoms with Crippen LogP contribution in [0.1, 0.15) is 32.6 Å². The maximum atomic E-state index is 11.7. The second-order valence-electron chi connectivity index (χ2n) is 3.92. The van der Waals surface area contributed by atoms with Gasteiger partial charge in [-0.15, -0.1) is 0 Å². The summed E-state index contributed by atoms with van der Waals surface area (Å²) in [5, 5.41) is 0. The summed E-state index contributed by atoms with van der Waals surface area (Å²) >= 11 is 0. The Morgan fingerprint density at radius 3 is 2.54 bits per heavy atom. The molecule has 0 heterocycles. The van der Waals surface area contributed by atoms with Gasteiger partial charge in [0.15, 0.2) is 0 Å². The zero-order chi connectivity index (χ0) is 9.84. The highest BCUT2D eigenvalue weighted by atomic mass is 16.2. The summed E-state index contributed by atoms with van der Waals surface area (Å²) in [6, 6.07) is -0.257. The normalized spacial score (nSPS) is 20.2. The lowest BCUT2D eigenvalue weighted by molar-refractivity contribution is -0.132. The molecule has 1 amide bonds. The Morgan fingerprint density at radius 1 is 1.54 bits per heavy atom. The molecule has 2 N–H and O–H groups in total. The molecule has 0 aromatic rings. The molecular formula is C10H20N2O. The third-order valence-electron chi connectivity index (χ3n) is 3.04. The molecule has 1 aliphatic carbocycles. The van der Waals surface area contributed by atoms with E-state index in [9.17, 15) is 4.79 Å². The first-order valence-corrected chi connectivity index (χ1v) is 5.17. The Morgan fingerprint density at radius 2 is 2.08 bits per heavy atom. The second-order valence-corrected chi connectivity index (χ2v) is 3.92. The van der Waals surface area contributed by atoms with Crippen LogP contribution < -0.4 is 5.73 Å². The minimum atomic E-state index is -0.257. The summed E-state index contributed by atoms with van der Waals surface area (Å²) in [6.07, 6.45) is 4.73. The fourth-order valence-electron chi connectivity index (χ4n) is 1.93. The van der Waals surface area contributed by atoms with Crippen LogP contribution in [-0.2, 0) is 4.79 Å². The molecular weight excluding hydrogens is 164 g/mol. The number of hydrogen-bond donors (Lipinski definition) is 1. The van der Waals surface area contributed by atoms with Crippen LogP contribution in [0.25, 0.3) is 0 Å². The van der Waals surface area contributed by atoms with E-state index < -0.39 is 0 Å². The molecule has 1 rings (SSSR count). The van der Waals surface area contributed by atoms with E-state index in [1.807, 2.05) is 14.0 Å². The van der Waals surface area contributed by atoms with Crippen molar-refractivity contribution in [1.82, 2.24) is 4.90 Å². The molecule has 0 aromatic carbocycles. The van der Waals surface area contributed by atoms with Crippen LogP contribution in [-0.4, -0.2) is 30.4 Å². The Bertz CT molecular complexity index is 176. The van der Waals surface area contributed by atoms with Crippen molar-refractivity contribution in [2.24, 2.45) is 11.7 Å². The number of likely N-dealkylation sites (N-methyl/N-ethyl adjacent to an activating group) is 1. The van der Waals surface area contributed by atoms with Gasteiger partial charge in [0.05, 0.1) is 6.04 Å². The highest BCUT2D eigenvalue weighted by Crippen LogP contribution is 2.27. The largest absolute Gasteiger partial charge is 0.345 e. The number of amides is 1. The molecule has 1 saturated carbocycles. The van der Waals surface area contributed by atoms with E-state index in [1.54, 1.807) is 4.90 Å². The molecule has 0 bridgehead atoms. The molecule has 3 heteroatoms. The SMILES string of the molecule is CCN(C)C(=O)C(N)C1CCCC1. The lowest BCUT2D eigenvalue weighted by Crippen LogP contribution is -2.45. The molecule has 0 saturated heterocycles. The van der Waals surface area contributed by atoms with Crippen LogP contribution >= 0.6 is 0 Å². The smallest absolute Gasteiger partial charge is 0.239 e. The molecule has 1 unspecified atom stereocenters. The average Bonchev–Trinajstić information content (AvgIpc) is 2.67. The predicted molar refractivity (Wildman–Crippen MR) is 53.2 cm³/mol. The standard InChI is InChI=1S/C10H20N2O/c1-3-12(2)10(13)9(11)8-6-4-5-7-8/h8-9H,3-7,11H2,1-2H3. The lowest BCUT2D eigenvalue weighted by Gasteiger charge is -2.23. The van der Waals surface area contributed by atoms with E-state index in [2.05, 4.69) is 0 Å². The molecule has 1 fully saturated rings. The van der Waals surface area contributed by atoms with Gasteiger partial charge in [0.2, 0.25) is 5.91 Å². The molecule has 13 heavy (non-hydrogen) atoms. The predicted octanol–water partition coefficient (Wildman–Crippen LogP) is 0.982. The van der Waals surface area contributed by atoms with Gasteiger partial charge >= 0.3 is 0 Å². The van der Waals surface area contributed by atoms with Gasteiger partial charge in [0.25, 0.3) is 0 Å². The van der Waals surface area contributed by atoms with Crippen molar-refractivity contribution in [3.05, 3.63) is 0 Å². The summed E-state index contributed by atoms with van der Waals surface area (Å²) in [6.45, 7) is 2.72. The Balaban J connectivity index is 2.45. The van der Waals surface area contributed by atoms with Gasteiger partial charge in [-0.1, -0.05) is 12.8 Å². The van der Waals surface area contributed by atoms with Gasteiger partial charge in [-0.25, -0.2) is 0 Å². The number of carbonyl (C=O) groups is 1. The first kappa shape index (κ1) is 10.5. The van der Waals surface area contributed by atoms with Gasteiger partial charge in [-0.05, 0) is 25.7 Å². The van der Waals surface area contributed by atoms with Crippen molar-refractivity contribution in [3.8, 4) is 0 Å². The zero-order valence-corrected chi connectivity index (χ0v) is 8.62. The molecule has 3 nitrogen and oxygen atoms in total. The molecule has 1 atom stereocenters. The zero-order valence-electron chi connectivity index (χ0n) is 8.62. The maximum absolute atomic E-state index is 11.7. The molecule has 0 spiro atoms. The highest BCUT2D eigenvalue weighted by Gasteiger charge is 2.28. The summed E-state index contributed by atoms with van der Waals surface area (Å²) in [7, 11) is 1.82. The van der Waals surface area contributed by atoms with Crippen molar-refractivity contribution in [2.75, 3.05) is 13.6 Å². The third-order valence-corrected chi connectivity index (χ3v) is 3.04. The average molecular weight is 184 g/mol. The number of rotatable bonds is 3. The van der Waals surface area contributed by atoms with E-state index in [0.29, 0.717) is 5.92 Å². The lowest BCUT2D eigenvalue weighted by atomic mass is 9.98. The molecule has 0 aromatic heterocycles. The monoisotopic (exact) mass is 184 g/mol. The van der Waals surface area contributed by atoms with Crippen LogP contribution in [0.5, 0.6) is 0 Å². The Labute approximate surface area is 80.3 Å². The number of carbonyl (C=O) groups excluding carboxylic acids is 1. The van der Waals surface area contributed by atoms with Gasteiger partial charge in [0.1, 0.15) is 0 Å². The molecule has 0 radical (unpaired) electrons. The minimum absolute atomic E-state index is 0.106. The third kappa shape index (κ3) is 2.44. The quantitative estimate of drug-likeness (QED) is 0.710. The first-order chi connectivity index (χ1) is 6.16. The van der Waals surface area contributed by atoms with Crippen molar-refractivity contribution in [1.29, 1.82) is 0 Å². The minimum Gasteiger partial charge on any atom is -0.345 e. The van der Waals surface area contributed by atoms with E-state index in [4.69, 9.17) is 5.73 Å². The number of nitrogens with zero attached hydrogens (tertiary/aromatic N) is 1. The van der Waals surface area contributed by atoms with Crippen molar-refractivity contribution in [2.45, 2.75) is 38.6 Å². The highest BCUT2D eigenvalue weighted by molar-refractivity contribution is 5.81. The number of nitrogens with two attached hydrogens (primary N) is 1. The Kier molecular flexibility index (Phi) is 3.72. The van der Waals surface area contributed by atoms with Gasteiger partial charge < -0.3 is 10.6 Å². The van der Waals surface area contributed by atoms with Crippen molar-refractivity contribution in [3.63, 3.8) is 0 Å². The maximum Gasteiger partial charge on any atom is 0.239 e. The summed E-state index contributed by atoms with van der Waals surface area (Å²) < 4.78 is 0. The summed E-state index contributed by atoms with van der Waals surface area (Å²) in [5.41, 5.74) is 5.91. The summed E-state index contributed by atoms with van der Waals surface area (Å²) in [4.78, 5) is 13.4. The topological polar surface area (TPSA) is 46.3 Å². The van der Waals surface area contributed by atoms with Crippen LogP contribution in [0.15, 0.2) is 0 Å². The molecule has 1 aliphatic rings. The van der Waals surface area contributed by atoms with Crippen LogP contribution in [0, 0.1) is 5.92 Å². The Hall–Kier alpha value is -0.570. The van der Waals surface area contributed by atoms with E-state index in [-0.39, 0.29) is 11.9 Å². The number of hydrogen-bond acceptors (Lipinski definition) is 2. The van der Waals surface area contributed by atoms with Crippen molar-refractivity contribution >= 4 is 5.91 Å². The van der Waals surface area contributed by atoms with Crippen molar-refractivity contribution < 1.29 is 4.79 Å². The van der Waals surface area contributed by atoms with Gasteiger partial charge in [-0.3, -0.25) is 4.79 Å². The van der Waals surface area contributed by atoms with E-state index in [1.165, 1.54) is 12.8 Å². The molecule has 0 aliphatic heterocycles.